The molecule has 1 aliphatic heterocycles. The maximum absolute atomic E-state index is 12.7. The zero-order valence-electron chi connectivity index (χ0n) is 18.4. The van der Waals surface area contributed by atoms with E-state index >= 15 is 0 Å². The number of nitrogens with zero attached hydrogens (tertiary/aromatic N) is 2. The largest absolute Gasteiger partial charge is 0.456 e. The van der Waals surface area contributed by atoms with Crippen LogP contribution in [0.5, 0.6) is 11.5 Å². The fraction of sp³-hybridized carbons (Fsp3) is 0.200. The quantitative estimate of drug-likeness (QED) is 0.483. The van der Waals surface area contributed by atoms with Crippen LogP contribution in [0.15, 0.2) is 89.8 Å². The number of amides is 1. The summed E-state index contributed by atoms with van der Waals surface area (Å²) in [4.78, 5) is 26.9. The molecule has 0 spiro atoms. The molecule has 1 fully saturated rings. The van der Waals surface area contributed by atoms with Gasteiger partial charge in [-0.05, 0) is 36.4 Å². The standard InChI is InChI=1S/C25H24N2O6S/c28-24(26-15-17-27(18-16-26)34(30,31)21-11-5-2-6-12-21)19-32-25(29)22-13-7-8-14-23(22)33-20-9-3-1-4-10-20/h1-14H,15-19H2. The van der Waals surface area contributed by atoms with Crippen molar-refractivity contribution in [2.24, 2.45) is 0 Å². The lowest BCUT2D eigenvalue weighted by molar-refractivity contribution is -0.135. The van der Waals surface area contributed by atoms with E-state index in [4.69, 9.17) is 9.47 Å². The lowest BCUT2D eigenvalue weighted by atomic mass is 10.2. The minimum atomic E-state index is -3.61. The molecule has 0 unspecified atom stereocenters. The van der Waals surface area contributed by atoms with Crippen LogP contribution in [0, 0.1) is 0 Å². The molecule has 1 heterocycles. The molecule has 1 aliphatic rings. The number of ether oxygens (including phenoxy) is 2. The zero-order chi connectivity index (χ0) is 24.0. The van der Waals surface area contributed by atoms with Crippen LogP contribution in [-0.2, 0) is 19.6 Å². The monoisotopic (exact) mass is 480 g/mol. The Bertz CT molecular complexity index is 1240. The summed E-state index contributed by atoms with van der Waals surface area (Å²) in [6.07, 6.45) is 0. The van der Waals surface area contributed by atoms with Gasteiger partial charge in [-0.25, -0.2) is 13.2 Å². The number of carbonyl (C=O) groups is 2. The van der Waals surface area contributed by atoms with Crippen molar-refractivity contribution in [1.82, 2.24) is 9.21 Å². The first-order valence-corrected chi connectivity index (χ1v) is 12.2. The smallest absolute Gasteiger partial charge is 0.342 e. The summed E-state index contributed by atoms with van der Waals surface area (Å²) in [5.41, 5.74) is 0.206. The Kier molecular flexibility index (Phi) is 7.24. The first-order chi connectivity index (χ1) is 16.4. The predicted octanol–water partition coefficient (Wildman–Crippen LogP) is 3.17. The van der Waals surface area contributed by atoms with Gasteiger partial charge in [0, 0.05) is 26.2 Å². The van der Waals surface area contributed by atoms with Gasteiger partial charge >= 0.3 is 5.97 Å². The first-order valence-electron chi connectivity index (χ1n) is 10.8. The molecule has 0 radical (unpaired) electrons. The van der Waals surface area contributed by atoms with Crippen LogP contribution >= 0.6 is 0 Å². The van der Waals surface area contributed by atoms with Crippen molar-refractivity contribution < 1.29 is 27.5 Å². The molecule has 0 bridgehead atoms. The van der Waals surface area contributed by atoms with E-state index in [0.29, 0.717) is 11.5 Å². The molecular formula is C25H24N2O6S. The fourth-order valence-corrected chi connectivity index (χ4v) is 5.00. The third kappa shape index (κ3) is 5.44. The SMILES string of the molecule is O=C(OCC(=O)N1CCN(S(=O)(=O)c2ccccc2)CC1)c1ccccc1Oc1ccccc1. The molecule has 0 atom stereocenters. The van der Waals surface area contributed by atoms with Gasteiger partial charge in [0.1, 0.15) is 17.1 Å². The molecule has 0 aliphatic carbocycles. The van der Waals surface area contributed by atoms with Crippen LogP contribution in [0.25, 0.3) is 0 Å². The van der Waals surface area contributed by atoms with Gasteiger partial charge in [0.05, 0.1) is 4.90 Å². The van der Waals surface area contributed by atoms with E-state index in [1.54, 1.807) is 66.7 Å². The lowest BCUT2D eigenvalue weighted by Gasteiger charge is -2.33. The van der Waals surface area contributed by atoms with Gasteiger partial charge in [0.25, 0.3) is 5.91 Å². The molecule has 9 heteroatoms. The van der Waals surface area contributed by atoms with Crippen LogP contribution < -0.4 is 4.74 Å². The molecule has 0 aromatic heterocycles. The van der Waals surface area contributed by atoms with Gasteiger partial charge in [-0.2, -0.15) is 4.31 Å². The number of sulfonamides is 1. The van der Waals surface area contributed by atoms with Gasteiger partial charge in [0.15, 0.2) is 6.61 Å². The van der Waals surface area contributed by atoms with Crippen LogP contribution in [-0.4, -0.2) is 62.3 Å². The number of carbonyl (C=O) groups excluding carboxylic acids is 2. The van der Waals surface area contributed by atoms with E-state index in [9.17, 15) is 18.0 Å². The summed E-state index contributed by atoms with van der Waals surface area (Å²) in [7, 11) is -3.61. The van der Waals surface area contributed by atoms with Crippen LogP contribution in [0.1, 0.15) is 10.4 Å². The molecule has 8 nitrogen and oxygen atoms in total. The predicted molar refractivity (Wildman–Crippen MR) is 125 cm³/mol. The molecule has 0 saturated carbocycles. The third-order valence-corrected chi connectivity index (χ3v) is 7.29. The van der Waals surface area contributed by atoms with Crippen molar-refractivity contribution in [3.63, 3.8) is 0 Å². The van der Waals surface area contributed by atoms with E-state index < -0.39 is 22.6 Å². The second-order valence-electron chi connectivity index (χ2n) is 7.59. The lowest BCUT2D eigenvalue weighted by Crippen LogP contribution is -2.51. The normalized spacial score (nSPS) is 14.4. The Labute approximate surface area is 198 Å². The molecule has 0 N–H and O–H groups in total. The van der Waals surface area contributed by atoms with Gasteiger partial charge in [-0.15, -0.1) is 0 Å². The summed E-state index contributed by atoms with van der Waals surface area (Å²) in [6, 6.07) is 23.9. The van der Waals surface area contributed by atoms with Gasteiger partial charge < -0.3 is 14.4 Å². The summed E-state index contributed by atoms with van der Waals surface area (Å²) < 4.78 is 37.9. The second kappa shape index (κ2) is 10.5. The molecule has 1 saturated heterocycles. The Morgan fingerprint density at radius 1 is 0.765 bits per heavy atom. The van der Waals surface area contributed by atoms with Crippen molar-refractivity contribution in [2.45, 2.75) is 4.90 Å². The number of para-hydroxylation sites is 2. The minimum absolute atomic E-state index is 0.171. The maximum Gasteiger partial charge on any atom is 0.342 e. The Morgan fingerprint density at radius 2 is 1.35 bits per heavy atom. The van der Waals surface area contributed by atoms with Crippen molar-refractivity contribution in [2.75, 3.05) is 32.8 Å². The van der Waals surface area contributed by atoms with Crippen LogP contribution in [0.4, 0.5) is 0 Å². The average Bonchev–Trinajstić information content (AvgIpc) is 2.88. The highest BCUT2D eigenvalue weighted by Crippen LogP contribution is 2.25. The van der Waals surface area contributed by atoms with Crippen molar-refractivity contribution >= 4 is 21.9 Å². The summed E-state index contributed by atoms with van der Waals surface area (Å²) in [5.74, 6) is -0.162. The molecule has 1 amide bonds. The van der Waals surface area contributed by atoms with Crippen LogP contribution in [0.2, 0.25) is 0 Å². The minimum Gasteiger partial charge on any atom is -0.456 e. The molecular weight excluding hydrogens is 456 g/mol. The van der Waals surface area contributed by atoms with Crippen molar-refractivity contribution in [3.05, 3.63) is 90.5 Å². The average molecular weight is 481 g/mol. The molecule has 3 aromatic carbocycles. The number of benzene rings is 3. The van der Waals surface area contributed by atoms with E-state index in [0.717, 1.165) is 0 Å². The highest BCUT2D eigenvalue weighted by Gasteiger charge is 2.30. The molecule has 176 valence electrons. The Hall–Kier alpha value is -3.69. The maximum atomic E-state index is 12.7. The van der Waals surface area contributed by atoms with Gasteiger partial charge in [-0.3, -0.25) is 4.79 Å². The van der Waals surface area contributed by atoms with Crippen LogP contribution in [0.3, 0.4) is 0 Å². The van der Waals surface area contributed by atoms with E-state index in [1.807, 2.05) is 18.2 Å². The topological polar surface area (TPSA) is 93.2 Å². The number of hydrogen-bond acceptors (Lipinski definition) is 6. The highest BCUT2D eigenvalue weighted by atomic mass is 32.2. The number of piperazine rings is 1. The first kappa shape index (κ1) is 23.5. The van der Waals surface area contributed by atoms with Crippen molar-refractivity contribution in [3.8, 4) is 11.5 Å². The molecule has 3 aromatic rings. The Balaban J connectivity index is 1.32. The molecule has 4 rings (SSSR count). The molecule has 34 heavy (non-hydrogen) atoms. The van der Waals surface area contributed by atoms with E-state index in [-0.39, 0.29) is 42.5 Å². The van der Waals surface area contributed by atoms with Gasteiger partial charge in [0.2, 0.25) is 10.0 Å². The van der Waals surface area contributed by atoms with E-state index in [2.05, 4.69) is 0 Å². The summed E-state index contributed by atoms with van der Waals surface area (Å²) in [5, 5.41) is 0. The zero-order valence-corrected chi connectivity index (χ0v) is 19.2. The summed E-state index contributed by atoms with van der Waals surface area (Å²) in [6.45, 7) is 0.339. The Morgan fingerprint density at radius 3 is 2.03 bits per heavy atom. The second-order valence-corrected chi connectivity index (χ2v) is 9.52. The highest BCUT2D eigenvalue weighted by molar-refractivity contribution is 7.89. The third-order valence-electron chi connectivity index (χ3n) is 5.38. The van der Waals surface area contributed by atoms with Crippen molar-refractivity contribution in [1.29, 1.82) is 0 Å². The van der Waals surface area contributed by atoms with Gasteiger partial charge in [-0.1, -0.05) is 48.5 Å². The number of hydrogen-bond donors (Lipinski definition) is 0. The fourth-order valence-electron chi connectivity index (χ4n) is 3.56. The van der Waals surface area contributed by atoms with E-state index in [1.165, 1.54) is 9.21 Å². The number of rotatable bonds is 7. The number of esters is 1. The summed E-state index contributed by atoms with van der Waals surface area (Å²) >= 11 is 0.